The first-order valence-corrected chi connectivity index (χ1v) is 11.9. The second-order valence-electron chi connectivity index (χ2n) is 8.73. The van der Waals surface area contributed by atoms with Crippen LogP contribution in [0.15, 0.2) is 60.7 Å². The van der Waals surface area contributed by atoms with Crippen molar-refractivity contribution in [1.29, 1.82) is 0 Å². The number of hydrogen-bond acceptors (Lipinski definition) is 6. The molecule has 0 fully saturated rings. The zero-order valence-corrected chi connectivity index (χ0v) is 20.4. The molecule has 5 aromatic rings. The molecule has 4 heterocycles. The van der Waals surface area contributed by atoms with E-state index in [2.05, 4.69) is 20.6 Å². The second-order valence-corrected chi connectivity index (χ2v) is 9.13. The third-order valence-corrected chi connectivity index (χ3v) is 6.71. The minimum atomic E-state index is -0.174. The molecule has 0 saturated carbocycles. The van der Waals surface area contributed by atoms with Gasteiger partial charge in [-0.1, -0.05) is 41.9 Å². The lowest BCUT2D eigenvalue weighted by Crippen LogP contribution is -2.25. The van der Waals surface area contributed by atoms with E-state index in [-0.39, 0.29) is 11.8 Å². The van der Waals surface area contributed by atoms with Gasteiger partial charge in [-0.15, -0.1) is 15.3 Å². The van der Waals surface area contributed by atoms with E-state index in [1.54, 1.807) is 9.20 Å². The van der Waals surface area contributed by atoms with Crippen molar-refractivity contribution in [2.24, 2.45) is 0 Å². The monoisotopic (exact) mass is 499 g/mol. The summed E-state index contributed by atoms with van der Waals surface area (Å²) >= 11 is 6.27. The van der Waals surface area contributed by atoms with E-state index < -0.39 is 0 Å². The molecule has 6 rings (SSSR count). The Bertz CT molecular complexity index is 1620. The molecule has 36 heavy (non-hydrogen) atoms. The number of carbonyl (C=O) groups excluding carboxylic acids is 1. The van der Waals surface area contributed by atoms with Crippen LogP contribution in [0.2, 0.25) is 5.02 Å². The number of hydrogen-bond donors (Lipinski definition) is 1. The molecule has 2 aromatic carbocycles. The third kappa shape index (κ3) is 3.87. The summed E-state index contributed by atoms with van der Waals surface area (Å²) in [6.07, 6.45) is 0.310. The number of carbonyl (C=O) groups is 1. The highest BCUT2D eigenvalue weighted by Crippen LogP contribution is 2.40. The molecule has 0 bridgehead atoms. The normalized spacial score (nSPS) is 15.1. The lowest BCUT2D eigenvalue weighted by atomic mass is 9.86. The van der Waals surface area contributed by atoms with Gasteiger partial charge in [-0.3, -0.25) is 4.79 Å². The van der Waals surface area contributed by atoms with Gasteiger partial charge in [0.1, 0.15) is 18.2 Å². The molecule has 0 radical (unpaired) electrons. The average Bonchev–Trinajstić information content (AvgIpc) is 3.42. The van der Waals surface area contributed by atoms with Crippen molar-refractivity contribution in [2.45, 2.75) is 32.8 Å². The number of aryl methyl sites for hydroxylation is 2. The van der Waals surface area contributed by atoms with E-state index in [9.17, 15) is 4.79 Å². The van der Waals surface area contributed by atoms with Crippen molar-refractivity contribution >= 4 is 29.0 Å². The molecule has 180 valence electrons. The maximum absolute atomic E-state index is 12.8. The van der Waals surface area contributed by atoms with Crippen LogP contribution in [-0.2, 0) is 11.4 Å². The van der Waals surface area contributed by atoms with Gasteiger partial charge in [0.2, 0.25) is 5.91 Å². The third-order valence-electron chi connectivity index (χ3n) is 6.34. The highest BCUT2D eigenvalue weighted by atomic mass is 35.5. The predicted octanol–water partition coefficient (Wildman–Crippen LogP) is 4.63. The van der Waals surface area contributed by atoms with E-state index in [0.717, 1.165) is 22.4 Å². The van der Waals surface area contributed by atoms with Crippen LogP contribution >= 0.6 is 11.6 Å². The molecule has 9 nitrogen and oxygen atoms in total. The number of nitrogens with one attached hydrogen (secondary N) is 1. The number of nitrogens with zero attached hydrogens (tertiary/aromatic N) is 6. The van der Waals surface area contributed by atoms with Crippen LogP contribution in [0.25, 0.3) is 11.5 Å². The number of fused-ring (bicyclic) bond motifs is 2. The Balaban J connectivity index is 1.36. The molecule has 1 unspecified atom stereocenters. The molecule has 0 saturated heterocycles. The number of ether oxygens (including phenoxy) is 1. The lowest BCUT2D eigenvalue weighted by molar-refractivity contribution is -0.116. The largest absolute Gasteiger partial charge is 0.489 e. The van der Waals surface area contributed by atoms with Crippen LogP contribution < -0.4 is 10.1 Å². The molecule has 1 aliphatic heterocycles. The van der Waals surface area contributed by atoms with E-state index >= 15 is 0 Å². The summed E-state index contributed by atoms with van der Waals surface area (Å²) < 4.78 is 9.36. The van der Waals surface area contributed by atoms with E-state index in [1.165, 1.54) is 0 Å². The summed E-state index contributed by atoms with van der Waals surface area (Å²) in [7, 11) is 0. The Morgan fingerprint density at radius 3 is 2.78 bits per heavy atom. The van der Waals surface area contributed by atoms with E-state index in [0.29, 0.717) is 46.9 Å². The quantitative estimate of drug-likeness (QED) is 0.378. The average molecular weight is 500 g/mol. The molecule has 1 amide bonds. The first kappa shape index (κ1) is 22.2. The van der Waals surface area contributed by atoms with Crippen LogP contribution in [0.1, 0.15) is 40.5 Å². The maximum atomic E-state index is 12.8. The highest BCUT2D eigenvalue weighted by molar-refractivity contribution is 6.31. The van der Waals surface area contributed by atoms with Gasteiger partial charge in [0.05, 0.1) is 5.69 Å². The highest BCUT2D eigenvalue weighted by Gasteiger charge is 2.33. The van der Waals surface area contributed by atoms with Gasteiger partial charge in [-0.25, -0.2) is 0 Å². The zero-order valence-electron chi connectivity index (χ0n) is 19.6. The minimum absolute atomic E-state index is 0.0856. The molecule has 3 aromatic heterocycles. The second kappa shape index (κ2) is 8.76. The van der Waals surface area contributed by atoms with Gasteiger partial charge in [-0.05, 0) is 49.7 Å². The number of benzene rings is 2. The molecule has 1 atom stereocenters. The number of halogens is 1. The van der Waals surface area contributed by atoms with Crippen LogP contribution in [0.3, 0.4) is 0 Å². The first-order valence-electron chi connectivity index (χ1n) is 11.5. The van der Waals surface area contributed by atoms with Crippen molar-refractivity contribution < 1.29 is 9.53 Å². The topological polar surface area (TPSA) is 99.2 Å². The Labute approximate surface area is 211 Å². The number of rotatable bonds is 5. The summed E-state index contributed by atoms with van der Waals surface area (Å²) in [5, 5.41) is 21.2. The van der Waals surface area contributed by atoms with E-state index in [4.69, 9.17) is 21.4 Å². The summed E-state index contributed by atoms with van der Waals surface area (Å²) in [6.45, 7) is 4.13. The molecule has 1 aliphatic rings. The molecule has 10 heteroatoms. The van der Waals surface area contributed by atoms with Gasteiger partial charge in [0.25, 0.3) is 0 Å². The molecule has 0 spiro atoms. The predicted molar refractivity (Wildman–Crippen MR) is 135 cm³/mol. The standard InChI is InChI=1S/C26H22ClN7O2/c1-15-25-20(17-7-5-8-19(12-17)36-14-18-6-3-4-9-21(18)27)13-24(35)28-26(25)34(31-15)23-11-10-22-30-29-16(2)33(22)32-23/h3-12,20H,13-14H2,1-2H3,(H,28,35). The van der Waals surface area contributed by atoms with Crippen molar-refractivity contribution in [1.82, 2.24) is 29.6 Å². The minimum Gasteiger partial charge on any atom is -0.489 e. The molecule has 1 N–H and O–H groups in total. The van der Waals surface area contributed by atoms with E-state index in [1.807, 2.05) is 74.5 Å². The summed E-state index contributed by atoms with van der Waals surface area (Å²) in [4.78, 5) is 12.8. The lowest BCUT2D eigenvalue weighted by Gasteiger charge is -2.24. The Morgan fingerprint density at radius 2 is 1.92 bits per heavy atom. The maximum Gasteiger partial charge on any atom is 0.226 e. The Kier molecular flexibility index (Phi) is 5.41. The summed E-state index contributed by atoms with van der Waals surface area (Å²) in [5.41, 5.74) is 4.31. The SMILES string of the molecule is Cc1nn(-c2ccc3nnc(C)n3n2)c2c1C(c1cccc(OCc3ccccc3Cl)c1)CC(=O)N2. The number of amides is 1. The van der Waals surface area contributed by atoms with Gasteiger partial charge in [0.15, 0.2) is 17.3 Å². The van der Waals surface area contributed by atoms with Gasteiger partial charge in [-0.2, -0.15) is 14.3 Å². The van der Waals surface area contributed by atoms with Crippen molar-refractivity contribution in [3.05, 3.63) is 93.9 Å². The molecular formula is C26H22ClN7O2. The Hall–Kier alpha value is -4.24. The van der Waals surface area contributed by atoms with Gasteiger partial charge >= 0.3 is 0 Å². The van der Waals surface area contributed by atoms with Crippen molar-refractivity contribution in [3.63, 3.8) is 0 Å². The Morgan fingerprint density at radius 1 is 1.06 bits per heavy atom. The van der Waals surface area contributed by atoms with Crippen LogP contribution in [-0.4, -0.2) is 35.5 Å². The zero-order chi connectivity index (χ0) is 24.8. The van der Waals surface area contributed by atoms with Gasteiger partial charge in [0, 0.05) is 28.5 Å². The van der Waals surface area contributed by atoms with Crippen LogP contribution in [0.5, 0.6) is 5.75 Å². The number of aromatic nitrogens is 6. The molecular weight excluding hydrogens is 478 g/mol. The first-order chi connectivity index (χ1) is 17.5. The van der Waals surface area contributed by atoms with Crippen molar-refractivity contribution in [3.8, 4) is 11.6 Å². The number of anilines is 1. The fourth-order valence-corrected chi connectivity index (χ4v) is 4.78. The summed E-state index contributed by atoms with van der Waals surface area (Å²) in [6, 6.07) is 19.1. The van der Waals surface area contributed by atoms with Crippen LogP contribution in [0.4, 0.5) is 5.82 Å². The smallest absolute Gasteiger partial charge is 0.226 e. The van der Waals surface area contributed by atoms with Crippen LogP contribution in [0, 0.1) is 13.8 Å². The molecule has 0 aliphatic carbocycles. The fourth-order valence-electron chi connectivity index (χ4n) is 4.59. The summed E-state index contributed by atoms with van der Waals surface area (Å²) in [5.74, 6) is 2.30. The fraction of sp³-hybridized carbons (Fsp3) is 0.192. The van der Waals surface area contributed by atoms with Gasteiger partial charge < -0.3 is 10.1 Å². The van der Waals surface area contributed by atoms with Crippen molar-refractivity contribution in [2.75, 3.05) is 5.32 Å².